The van der Waals surface area contributed by atoms with Gasteiger partial charge in [-0.05, 0) is 30.0 Å². The van der Waals surface area contributed by atoms with Gasteiger partial charge in [0.2, 0.25) is 5.91 Å². The predicted octanol–water partition coefficient (Wildman–Crippen LogP) is 2.87. The molecule has 1 aromatic carbocycles. The summed E-state index contributed by atoms with van der Waals surface area (Å²) in [5.74, 6) is -2.71. The van der Waals surface area contributed by atoms with Crippen molar-refractivity contribution in [3.05, 3.63) is 53.0 Å². The van der Waals surface area contributed by atoms with Crippen LogP contribution in [-0.4, -0.2) is 75.6 Å². The van der Waals surface area contributed by atoms with Crippen LogP contribution in [0.2, 0.25) is 0 Å². The van der Waals surface area contributed by atoms with Gasteiger partial charge < -0.3 is 29.8 Å². The number of morpholine rings is 1. The van der Waals surface area contributed by atoms with Crippen LogP contribution >= 0.6 is 0 Å². The highest BCUT2D eigenvalue weighted by molar-refractivity contribution is 6.08. The summed E-state index contributed by atoms with van der Waals surface area (Å²) in [6, 6.07) is 2.95. The van der Waals surface area contributed by atoms with Crippen LogP contribution in [-0.2, 0) is 21.5 Å². The zero-order valence-corrected chi connectivity index (χ0v) is 21.5. The van der Waals surface area contributed by atoms with Crippen LogP contribution in [0.15, 0.2) is 24.5 Å². The number of nitrogens with one attached hydrogen (secondary N) is 2. The minimum atomic E-state index is -0.958. The molecular weight excluding hydrogens is 496 g/mol. The van der Waals surface area contributed by atoms with Gasteiger partial charge in [-0.3, -0.25) is 14.7 Å². The molecule has 1 amide bonds. The predicted molar refractivity (Wildman–Crippen MR) is 138 cm³/mol. The van der Waals surface area contributed by atoms with Crippen LogP contribution in [0.1, 0.15) is 29.7 Å². The average Bonchev–Trinajstić information content (AvgIpc) is 3.74. The first kappa shape index (κ1) is 26.1. The van der Waals surface area contributed by atoms with E-state index in [0.29, 0.717) is 36.2 Å². The molecule has 3 heterocycles. The van der Waals surface area contributed by atoms with E-state index in [1.165, 1.54) is 20.4 Å². The Kier molecular flexibility index (Phi) is 7.31. The largest absolute Gasteiger partial charge is 0.493 e. The van der Waals surface area contributed by atoms with Crippen molar-refractivity contribution >= 4 is 23.4 Å². The van der Waals surface area contributed by atoms with Crippen molar-refractivity contribution < 1.29 is 27.8 Å². The van der Waals surface area contributed by atoms with Gasteiger partial charge in [0.15, 0.2) is 23.1 Å². The van der Waals surface area contributed by atoms with E-state index in [1.807, 2.05) is 6.07 Å². The molecule has 202 valence electrons. The maximum absolute atomic E-state index is 15.3. The number of carbonyl (C=O) groups excluding carboxylic acids is 1. The summed E-state index contributed by atoms with van der Waals surface area (Å²) in [6.45, 7) is 4.80. The Morgan fingerprint density at radius 2 is 1.87 bits per heavy atom. The molecule has 0 bridgehead atoms. The Morgan fingerprint density at radius 3 is 2.47 bits per heavy atom. The standard InChI is InChI=1S/C27H31F2N5O4/c1-36-21-12-22(37-2)24(29)25(23(21)28)34-16-18-15-32-20(11-19(18)27(3-4-27)26(34)35)17(13-30)14-31-5-6-33-7-9-38-10-8-33/h11-15,30-31H,3-10,16H2,1-2H3/b17-14+,30-13?. The summed E-state index contributed by atoms with van der Waals surface area (Å²) in [4.78, 5) is 21.7. The Labute approximate surface area is 219 Å². The Morgan fingerprint density at radius 1 is 1.18 bits per heavy atom. The highest BCUT2D eigenvalue weighted by atomic mass is 19.1. The first-order valence-electron chi connectivity index (χ1n) is 12.6. The number of allylic oxidation sites excluding steroid dienone is 1. The van der Waals surface area contributed by atoms with E-state index in [2.05, 4.69) is 15.2 Å². The van der Waals surface area contributed by atoms with Crippen molar-refractivity contribution in [1.82, 2.24) is 15.2 Å². The third kappa shape index (κ3) is 4.60. The number of ether oxygens (including phenoxy) is 3. The molecule has 1 saturated carbocycles. The first-order valence-corrected chi connectivity index (χ1v) is 12.6. The van der Waals surface area contributed by atoms with Crippen LogP contribution in [0.5, 0.6) is 11.5 Å². The van der Waals surface area contributed by atoms with Gasteiger partial charge in [-0.1, -0.05) is 0 Å². The maximum Gasteiger partial charge on any atom is 0.238 e. The highest BCUT2D eigenvalue weighted by Gasteiger charge is 2.57. The zero-order valence-electron chi connectivity index (χ0n) is 21.5. The number of halogens is 2. The molecule has 2 aromatic rings. The third-order valence-corrected chi connectivity index (χ3v) is 7.44. The fourth-order valence-corrected chi connectivity index (χ4v) is 5.15. The molecule has 38 heavy (non-hydrogen) atoms. The van der Waals surface area contributed by atoms with Gasteiger partial charge in [-0.25, -0.2) is 8.78 Å². The second-order valence-electron chi connectivity index (χ2n) is 9.61. The SMILES string of the molecule is COc1cc(OC)c(F)c(N2Cc3cnc(/C(C=N)=C/NCCN4CCOCC4)cc3C3(CC3)C2=O)c1F. The number of nitrogens with zero attached hydrogens (tertiary/aromatic N) is 3. The van der Waals surface area contributed by atoms with Crippen molar-refractivity contribution in [3.8, 4) is 11.5 Å². The van der Waals surface area contributed by atoms with E-state index in [0.717, 1.165) is 49.4 Å². The van der Waals surface area contributed by atoms with Gasteiger partial charge in [0.1, 0.15) is 5.69 Å². The van der Waals surface area contributed by atoms with Crippen molar-refractivity contribution in [2.24, 2.45) is 0 Å². The lowest BCUT2D eigenvalue weighted by atomic mass is 9.86. The zero-order chi connectivity index (χ0) is 26.9. The quantitative estimate of drug-likeness (QED) is 0.382. The molecule has 2 fully saturated rings. The fraction of sp³-hybridized carbons (Fsp3) is 0.444. The van der Waals surface area contributed by atoms with Crippen LogP contribution in [0, 0.1) is 17.0 Å². The van der Waals surface area contributed by atoms with Crippen molar-refractivity contribution in [3.63, 3.8) is 0 Å². The van der Waals surface area contributed by atoms with Crippen molar-refractivity contribution in [2.45, 2.75) is 24.8 Å². The van der Waals surface area contributed by atoms with Crippen LogP contribution < -0.4 is 19.7 Å². The summed E-state index contributed by atoms with van der Waals surface area (Å²) < 4.78 is 46.0. The second kappa shape index (κ2) is 10.7. The Balaban J connectivity index is 1.41. The van der Waals surface area contributed by atoms with Crippen molar-refractivity contribution in [2.75, 3.05) is 58.5 Å². The molecule has 0 radical (unpaired) electrons. The summed E-state index contributed by atoms with van der Waals surface area (Å²) in [7, 11) is 2.54. The lowest BCUT2D eigenvalue weighted by Gasteiger charge is -2.35. The molecule has 2 N–H and O–H groups in total. The molecule has 0 atom stereocenters. The number of fused-ring (bicyclic) bond motifs is 2. The van der Waals surface area contributed by atoms with Crippen LogP contribution in [0.3, 0.4) is 0 Å². The summed E-state index contributed by atoms with van der Waals surface area (Å²) >= 11 is 0. The monoisotopic (exact) mass is 527 g/mol. The number of pyridine rings is 1. The molecule has 5 rings (SSSR count). The smallest absolute Gasteiger partial charge is 0.238 e. The van der Waals surface area contributed by atoms with Gasteiger partial charge in [0, 0.05) is 56.4 Å². The minimum Gasteiger partial charge on any atom is -0.493 e. The summed E-state index contributed by atoms with van der Waals surface area (Å²) in [6.07, 6.45) is 5.73. The van der Waals surface area contributed by atoms with Crippen LogP contribution in [0.25, 0.3) is 5.57 Å². The number of hydrogen-bond donors (Lipinski definition) is 2. The topological polar surface area (TPSA) is 100 Å². The first-order chi connectivity index (χ1) is 18.4. The van der Waals surface area contributed by atoms with Crippen LogP contribution in [0.4, 0.5) is 14.5 Å². The molecular formula is C27H31F2N5O4. The summed E-state index contributed by atoms with van der Waals surface area (Å²) in [5.41, 5.74) is 1.27. The number of benzene rings is 1. The average molecular weight is 528 g/mol. The van der Waals surface area contributed by atoms with Gasteiger partial charge in [-0.15, -0.1) is 0 Å². The number of rotatable bonds is 9. The van der Waals surface area contributed by atoms with E-state index in [4.69, 9.17) is 19.6 Å². The molecule has 0 unspecified atom stereocenters. The lowest BCUT2D eigenvalue weighted by molar-refractivity contribution is -0.121. The van der Waals surface area contributed by atoms with Gasteiger partial charge in [0.25, 0.3) is 0 Å². The second-order valence-corrected chi connectivity index (χ2v) is 9.61. The molecule has 11 heteroatoms. The molecule has 1 spiro atoms. The number of methoxy groups -OCH3 is 2. The van der Waals surface area contributed by atoms with E-state index in [1.54, 1.807) is 12.4 Å². The van der Waals surface area contributed by atoms with Gasteiger partial charge >= 0.3 is 0 Å². The molecule has 1 aromatic heterocycles. The van der Waals surface area contributed by atoms with Crippen molar-refractivity contribution in [1.29, 1.82) is 5.41 Å². The fourth-order valence-electron chi connectivity index (χ4n) is 5.15. The number of hydrogen-bond acceptors (Lipinski definition) is 8. The minimum absolute atomic E-state index is 0.0468. The molecule has 3 aliphatic rings. The summed E-state index contributed by atoms with van der Waals surface area (Å²) in [5, 5.41) is 11.2. The van der Waals surface area contributed by atoms with E-state index >= 15 is 8.78 Å². The maximum atomic E-state index is 15.3. The molecule has 1 aliphatic carbocycles. The number of carbonyl (C=O) groups is 1. The van der Waals surface area contributed by atoms with E-state index < -0.39 is 22.7 Å². The normalized spacial score (nSPS) is 18.8. The highest BCUT2D eigenvalue weighted by Crippen LogP contribution is 2.55. The lowest BCUT2D eigenvalue weighted by Crippen LogP contribution is -2.45. The Hall–Kier alpha value is -3.57. The molecule has 1 saturated heterocycles. The van der Waals surface area contributed by atoms with E-state index in [9.17, 15) is 4.79 Å². The van der Waals surface area contributed by atoms with Gasteiger partial charge in [-0.2, -0.15) is 0 Å². The number of amides is 1. The van der Waals surface area contributed by atoms with Gasteiger partial charge in [0.05, 0.1) is 45.1 Å². The molecule has 9 nitrogen and oxygen atoms in total. The third-order valence-electron chi connectivity index (χ3n) is 7.44. The van der Waals surface area contributed by atoms with E-state index in [-0.39, 0.29) is 24.0 Å². The Bertz CT molecular complexity index is 1250. The molecule has 2 aliphatic heterocycles. The number of aromatic nitrogens is 1. The number of anilines is 1.